The van der Waals surface area contributed by atoms with E-state index in [-0.39, 0.29) is 24.1 Å². The molecular weight excluding hydrogens is 334 g/mol. The fourth-order valence-corrected chi connectivity index (χ4v) is 3.15. The molecule has 0 unspecified atom stereocenters. The number of carbonyl (C=O) groups excluding carboxylic acids is 2. The van der Waals surface area contributed by atoms with E-state index in [4.69, 9.17) is 10.2 Å². The molecular formula is C18H19N5O3. The van der Waals surface area contributed by atoms with Crippen molar-refractivity contribution >= 4 is 22.7 Å². The van der Waals surface area contributed by atoms with Gasteiger partial charge < -0.3 is 20.0 Å². The number of aromatic nitrogens is 2. The number of hydrogen-bond donors (Lipinski definition) is 2. The van der Waals surface area contributed by atoms with Crippen LogP contribution in [-0.4, -0.2) is 58.0 Å². The number of rotatable bonds is 3. The summed E-state index contributed by atoms with van der Waals surface area (Å²) < 4.78 is 5.42. The molecule has 0 bridgehead atoms. The number of fused-ring (bicyclic) bond motifs is 1. The maximum absolute atomic E-state index is 12.8. The third-order valence-electron chi connectivity index (χ3n) is 4.60. The molecule has 0 spiro atoms. The molecule has 8 heteroatoms. The Hall–Kier alpha value is -3.13. The minimum atomic E-state index is -0.179. The van der Waals surface area contributed by atoms with Gasteiger partial charge >= 0.3 is 0 Å². The zero-order valence-electron chi connectivity index (χ0n) is 14.1. The van der Waals surface area contributed by atoms with Gasteiger partial charge in [0, 0.05) is 31.6 Å². The fraction of sp³-hybridized carbons (Fsp3) is 0.278. The number of aromatic amines is 1. The van der Waals surface area contributed by atoms with E-state index in [1.807, 2.05) is 24.3 Å². The van der Waals surface area contributed by atoms with Crippen molar-refractivity contribution in [3.8, 4) is 0 Å². The Balaban J connectivity index is 1.43. The monoisotopic (exact) mass is 353 g/mol. The average molecular weight is 353 g/mol. The number of benzene rings is 1. The van der Waals surface area contributed by atoms with Crippen molar-refractivity contribution in [3.05, 3.63) is 53.6 Å². The van der Waals surface area contributed by atoms with E-state index in [2.05, 4.69) is 10.2 Å². The van der Waals surface area contributed by atoms with Crippen LogP contribution in [0.15, 0.2) is 40.8 Å². The maximum Gasteiger partial charge on any atom is 0.289 e. The van der Waals surface area contributed by atoms with Gasteiger partial charge in [0.15, 0.2) is 11.5 Å². The van der Waals surface area contributed by atoms with Gasteiger partial charge in [-0.05, 0) is 18.2 Å². The second kappa shape index (κ2) is 6.64. The SMILES string of the molecule is NCc1ccc(C(=O)N2CCN(C(=O)c3n[nH]c4ccccc34)CC2)o1. The lowest BCUT2D eigenvalue weighted by molar-refractivity contribution is 0.0515. The normalized spacial score (nSPS) is 14.8. The van der Waals surface area contributed by atoms with E-state index in [0.717, 1.165) is 10.9 Å². The van der Waals surface area contributed by atoms with Crippen molar-refractivity contribution in [3.63, 3.8) is 0 Å². The molecule has 1 aliphatic heterocycles. The van der Waals surface area contributed by atoms with E-state index in [1.54, 1.807) is 21.9 Å². The molecule has 2 aromatic heterocycles. The molecule has 0 radical (unpaired) electrons. The van der Waals surface area contributed by atoms with Gasteiger partial charge in [0.1, 0.15) is 5.76 Å². The number of carbonyl (C=O) groups is 2. The zero-order valence-corrected chi connectivity index (χ0v) is 14.1. The van der Waals surface area contributed by atoms with Crippen molar-refractivity contribution in [2.45, 2.75) is 6.54 Å². The highest BCUT2D eigenvalue weighted by atomic mass is 16.4. The predicted octanol–water partition coefficient (Wildman–Crippen LogP) is 1.21. The Morgan fingerprint density at radius 3 is 2.42 bits per heavy atom. The summed E-state index contributed by atoms with van der Waals surface area (Å²) in [6.07, 6.45) is 0. The third kappa shape index (κ3) is 2.84. The minimum absolute atomic E-state index is 0.127. The van der Waals surface area contributed by atoms with E-state index >= 15 is 0 Å². The highest BCUT2D eigenvalue weighted by molar-refractivity contribution is 6.04. The highest BCUT2D eigenvalue weighted by Gasteiger charge is 2.28. The van der Waals surface area contributed by atoms with Gasteiger partial charge in [0.05, 0.1) is 12.1 Å². The molecule has 2 amide bonds. The molecule has 8 nitrogen and oxygen atoms in total. The van der Waals surface area contributed by atoms with Gasteiger partial charge in [-0.15, -0.1) is 0 Å². The molecule has 1 saturated heterocycles. The van der Waals surface area contributed by atoms with Crippen molar-refractivity contribution in [1.82, 2.24) is 20.0 Å². The van der Waals surface area contributed by atoms with E-state index in [9.17, 15) is 9.59 Å². The Morgan fingerprint density at radius 2 is 1.73 bits per heavy atom. The molecule has 1 aliphatic rings. The summed E-state index contributed by atoms with van der Waals surface area (Å²) in [4.78, 5) is 28.7. The molecule has 0 aliphatic carbocycles. The second-order valence-electron chi connectivity index (χ2n) is 6.17. The highest BCUT2D eigenvalue weighted by Crippen LogP contribution is 2.18. The van der Waals surface area contributed by atoms with E-state index in [0.29, 0.717) is 37.6 Å². The number of nitrogens with one attached hydrogen (secondary N) is 1. The summed E-state index contributed by atoms with van der Waals surface area (Å²) in [7, 11) is 0. The number of nitrogens with zero attached hydrogens (tertiary/aromatic N) is 3. The average Bonchev–Trinajstić information content (AvgIpc) is 3.34. The Bertz CT molecular complexity index is 953. The maximum atomic E-state index is 12.8. The number of H-pyrrole nitrogens is 1. The van der Waals surface area contributed by atoms with Crippen molar-refractivity contribution in [2.24, 2.45) is 5.73 Å². The molecule has 0 saturated carbocycles. The van der Waals surface area contributed by atoms with Gasteiger partial charge in [0.2, 0.25) is 0 Å². The lowest BCUT2D eigenvalue weighted by Crippen LogP contribution is -2.50. The quantitative estimate of drug-likeness (QED) is 0.736. The van der Waals surface area contributed by atoms with Crippen LogP contribution < -0.4 is 5.73 Å². The molecule has 1 aromatic carbocycles. The number of amides is 2. The Labute approximate surface area is 149 Å². The molecule has 3 N–H and O–H groups in total. The first-order valence-corrected chi connectivity index (χ1v) is 8.48. The number of nitrogens with two attached hydrogens (primary N) is 1. The number of piperazine rings is 1. The smallest absolute Gasteiger partial charge is 0.289 e. The number of para-hydroxylation sites is 1. The third-order valence-corrected chi connectivity index (χ3v) is 4.60. The lowest BCUT2D eigenvalue weighted by atomic mass is 10.2. The fourth-order valence-electron chi connectivity index (χ4n) is 3.15. The summed E-state index contributed by atoms with van der Waals surface area (Å²) in [5.74, 6) is 0.552. The zero-order chi connectivity index (χ0) is 18.1. The molecule has 0 atom stereocenters. The van der Waals surface area contributed by atoms with Crippen LogP contribution in [0, 0.1) is 0 Å². The van der Waals surface area contributed by atoms with Crippen LogP contribution >= 0.6 is 0 Å². The van der Waals surface area contributed by atoms with Crippen molar-refractivity contribution in [2.75, 3.05) is 26.2 Å². The molecule has 4 rings (SSSR count). The first-order valence-electron chi connectivity index (χ1n) is 8.48. The summed E-state index contributed by atoms with van der Waals surface area (Å²) in [5, 5.41) is 7.85. The van der Waals surface area contributed by atoms with Crippen molar-refractivity contribution < 1.29 is 14.0 Å². The number of furan rings is 1. The first kappa shape index (κ1) is 16.3. The topological polar surface area (TPSA) is 108 Å². The molecule has 26 heavy (non-hydrogen) atoms. The summed E-state index contributed by atoms with van der Waals surface area (Å²) in [6.45, 7) is 2.07. The van der Waals surface area contributed by atoms with Crippen LogP contribution in [-0.2, 0) is 6.54 Å². The van der Waals surface area contributed by atoms with Gasteiger partial charge in [-0.2, -0.15) is 5.10 Å². The van der Waals surface area contributed by atoms with E-state index in [1.165, 1.54) is 0 Å². The number of hydrogen-bond acceptors (Lipinski definition) is 5. The summed E-state index contributed by atoms with van der Waals surface area (Å²) >= 11 is 0. The van der Waals surface area contributed by atoms with Crippen LogP contribution in [0.4, 0.5) is 0 Å². The Kier molecular flexibility index (Phi) is 4.18. The van der Waals surface area contributed by atoms with Crippen molar-refractivity contribution in [1.29, 1.82) is 0 Å². The predicted molar refractivity (Wildman–Crippen MR) is 94.5 cm³/mol. The van der Waals surface area contributed by atoms with Gasteiger partial charge in [-0.1, -0.05) is 18.2 Å². The van der Waals surface area contributed by atoms with Crippen LogP contribution in [0.1, 0.15) is 26.8 Å². The van der Waals surface area contributed by atoms with E-state index < -0.39 is 0 Å². The largest absolute Gasteiger partial charge is 0.455 e. The molecule has 3 heterocycles. The second-order valence-corrected chi connectivity index (χ2v) is 6.17. The molecule has 1 fully saturated rings. The lowest BCUT2D eigenvalue weighted by Gasteiger charge is -2.34. The molecule has 134 valence electrons. The standard InChI is InChI=1S/C18H19N5O3/c19-11-12-5-6-15(26-12)17(24)22-7-9-23(10-8-22)18(25)16-13-3-1-2-4-14(13)20-21-16/h1-6H,7-11,19H2,(H,20,21). The van der Waals surface area contributed by atoms with Crippen LogP contribution in [0.5, 0.6) is 0 Å². The van der Waals surface area contributed by atoms with Gasteiger partial charge in [-0.3, -0.25) is 14.7 Å². The minimum Gasteiger partial charge on any atom is -0.455 e. The van der Waals surface area contributed by atoms with Gasteiger partial charge in [-0.25, -0.2) is 0 Å². The molecule has 3 aromatic rings. The van der Waals surface area contributed by atoms with Crippen LogP contribution in [0.25, 0.3) is 10.9 Å². The Morgan fingerprint density at radius 1 is 1.04 bits per heavy atom. The van der Waals surface area contributed by atoms with Crippen LogP contribution in [0.3, 0.4) is 0 Å². The first-order chi connectivity index (χ1) is 12.7. The summed E-state index contributed by atoms with van der Waals surface area (Å²) in [5.41, 5.74) is 6.76. The summed E-state index contributed by atoms with van der Waals surface area (Å²) in [6, 6.07) is 10.9. The van der Waals surface area contributed by atoms with Crippen LogP contribution in [0.2, 0.25) is 0 Å². The van der Waals surface area contributed by atoms with Gasteiger partial charge in [0.25, 0.3) is 11.8 Å².